The van der Waals surface area contributed by atoms with Gasteiger partial charge in [0.15, 0.2) is 11.5 Å². The third-order valence-corrected chi connectivity index (χ3v) is 8.41. The van der Waals surface area contributed by atoms with Crippen molar-refractivity contribution in [2.24, 2.45) is 5.92 Å². The fourth-order valence-corrected chi connectivity index (χ4v) is 5.76. The lowest BCUT2D eigenvalue weighted by Gasteiger charge is -2.40. The number of carbonyl (C=O) groups is 2. The minimum absolute atomic E-state index is 0.0169. The van der Waals surface area contributed by atoms with Crippen LogP contribution in [-0.2, 0) is 24.4 Å². The zero-order valence-electron chi connectivity index (χ0n) is 25.7. The molecule has 0 spiro atoms. The highest BCUT2D eigenvalue weighted by Crippen LogP contribution is 2.28. The van der Waals surface area contributed by atoms with E-state index in [4.69, 9.17) is 4.74 Å². The Balaban J connectivity index is 1.38. The number of phenols is 1. The van der Waals surface area contributed by atoms with Crippen molar-refractivity contribution in [3.05, 3.63) is 99.1 Å². The summed E-state index contributed by atoms with van der Waals surface area (Å²) >= 11 is 0. The van der Waals surface area contributed by atoms with Gasteiger partial charge in [0.05, 0.1) is 12.0 Å². The van der Waals surface area contributed by atoms with Gasteiger partial charge in [-0.2, -0.15) is 0 Å². The van der Waals surface area contributed by atoms with Crippen molar-refractivity contribution in [2.45, 2.75) is 65.2 Å². The molecule has 3 aromatic rings. The lowest BCUT2D eigenvalue weighted by Crippen LogP contribution is -2.48. The molecule has 0 aliphatic carbocycles. The summed E-state index contributed by atoms with van der Waals surface area (Å²) in [6, 6.07) is 19.1. The molecular formula is C34H42N4O6. The Morgan fingerprint density at radius 2 is 1.70 bits per heavy atom. The van der Waals surface area contributed by atoms with E-state index in [9.17, 15) is 24.8 Å². The number of likely N-dealkylation sites (tertiary alicyclic amines) is 1. The number of phenolic OH excluding ortho intramolecular Hbond substituents is 1. The number of non-ortho nitro benzene ring substituents is 1. The number of hydrogen-bond donors (Lipinski definition) is 2. The van der Waals surface area contributed by atoms with E-state index in [1.165, 1.54) is 19.2 Å². The van der Waals surface area contributed by atoms with Crippen LogP contribution >= 0.6 is 0 Å². The number of methoxy groups -OCH3 is 1. The van der Waals surface area contributed by atoms with Crippen LogP contribution in [-0.4, -0.2) is 57.9 Å². The van der Waals surface area contributed by atoms with Crippen LogP contribution < -0.4 is 10.1 Å². The maximum Gasteiger partial charge on any atom is 0.269 e. The third-order valence-electron chi connectivity index (χ3n) is 8.41. The molecule has 234 valence electrons. The van der Waals surface area contributed by atoms with Crippen molar-refractivity contribution in [1.82, 2.24) is 15.1 Å². The van der Waals surface area contributed by atoms with E-state index in [2.05, 4.69) is 24.1 Å². The largest absolute Gasteiger partial charge is 0.504 e. The van der Waals surface area contributed by atoms with Crippen LogP contribution in [0.4, 0.5) is 5.69 Å². The van der Waals surface area contributed by atoms with Crippen LogP contribution in [0.1, 0.15) is 66.6 Å². The molecule has 0 bridgehead atoms. The number of piperidine rings is 1. The molecular weight excluding hydrogens is 560 g/mol. The van der Waals surface area contributed by atoms with E-state index in [1.807, 2.05) is 23.1 Å². The van der Waals surface area contributed by atoms with Gasteiger partial charge >= 0.3 is 0 Å². The predicted octanol–water partition coefficient (Wildman–Crippen LogP) is 5.67. The summed E-state index contributed by atoms with van der Waals surface area (Å²) in [5, 5.41) is 24.0. The van der Waals surface area contributed by atoms with Crippen molar-refractivity contribution in [1.29, 1.82) is 0 Å². The number of nitro benzene ring substituents is 1. The van der Waals surface area contributed by atoms with Crippen LogP contribution in [0.5, 0.6) is 11.5 Å². The smallest absolute Gasteiger partial charge is 0.269 e. The van der Waals surface area contributed by atoms with E-state index in [0.29, 0.717) is 23.4 Å². The minimum Gasteiger partial charge on any atom is -0.504 e. The van der Waals surface area contributed by atoms with Gasteiger partial charge in [0, 0.05) is 62.4 Å². The van der Waals surface area contributed by atoms with Gasteiger partial charge in [-0.1, -0.05) is 44.2 Å². The number of ether oxygens (including phenoxy) is 1. The number of rotatable bonds is 13. The second-order valence-electron chi connectivity index (χ2n) is 11.3. The van der Waals surface area contributed by atoms with Gasteiger partial charge in [-0.25, -0.2) is 0 Å². The highest BCUT2D eigenvalue weighted by Gasteiger charge is 2.31. The Morgan fingerprint density at radius 1 is 1.02 bits per heavy atom. The second-order valence-corrected chi connectivity index (χ2v) is 11.3. The first-order valence-corrected chi connectivity index (χ1v) is 15.2. The maximum absolute atomic E-state index is 13.7. The summed E-state index contributed by atoms with van der Waals surface area (Å²) < 4.78 is 5.16. The lowest BCUT2D eigenvalue weighted by molar-refractivity contribution is -0.384. The molecule has 10 nitrogen and oxygen atoms in total. The number of nitrogens with zero attached hydrogens (tertiary/aromatic N) is 3. The second kappa shape index (κ2) is 15.3. The Labute approximate surface area is 258 Å². The predicted molar refractivity (Wildman–Crippen MR) is 168 cm³/mol. The van der Waals surface area contributed by atoms with Crippen molar-refractivity contribution < 1.29 is 24.4 Å². The number of hydrogen-bond acceptors (Lipinski definition) is 7. The fraction of sp³-hybridized carbons (Fsp3) is 0.412. The van der Waals surface area contributed by atoms with Crippen LogP contribution in [0.25, 0.3) is 0 Å². The molecule has 10 heteroatoms. The van der Waals surface area contributed by atoms with E-state index in [0.717, 1.165) is 56.4 Å². The van der Waals surface area contributed by atoms with Crippen molar-refractivity contribution in [3.8, 4) is 11.5 Å². The molecule has 1 aliphatic rings. The molecule has 4 rings (SSSR count). The number of benzene rings is 3. The average Bonchev–Trinajstić information content (AvgIpc) is 3.04. The molecule has 0 radical (unpaired) electrons. The molecule has 0 saturated carbocycles. The van der Waals surface area contributed by atoms with Crippen molar-refractivity contribution in [3.63, 3.8) is 0 Å². The summed E-state index contributed by atoms with van der Waals surface area (Å²) in [6.07, 6.45) is 3.28. The molecule has 0 unspecified atom stereocenters. The molecule has 3 aromatic carbocycles. The lowest BCUT2D eigenvalue weighted by atomic mass is 9.96. The molecule has 2 amide bonds. The van der Waals surface area contributed by atoms with Crippen LogP contribution in [0.3, 0.4) is 0 Å². The summed E-state index contributed by atoms with van der Waals surface area (Å²) in [5.41, 5.74) is 3.08. The number of carbonyl (C=O) groups excluding carboxylic acids is 2. The monoisotopic (exact) mass is 602 g/mol. The Bertz CT molecular complexity index is 1430. The number of amides is 2. The summed E-state index contributed by atoms with van der Waals surface area (Å²) in [4.78, 5) is 41.4. The molecule has 1 fully saturated rings. The van der Waals surface area contributed by atoms with Gasteiger partial charge < -0.3 is 20.1 Å². The van der Waals surface area contributed by atoms with Crippen molar-refractivity contribution in [2.75, 3.05) is 20.2 Å². The van der Waals surface area contributed by atoms with Gasteiger partial charge in [0.25, 0.3) is 11.6 Å². The first-order chi connectivity index (χ1) is 21.2. The maximum atomic E-state index is 13.7. The summed E-state index contributed by atoms with van der Waals surface area (Å²) in [5.74, 6) is 0.456. The quantitative estimate of drug-likeness (QED) is 0.191. The molecule has 1 heterocycles. The third kappa shape index (κ3) is 8.35. The molecule has 44 heavy (non-hydrogen) atoms. The van der Waals surface area contributed by atoms with Gasteiger partial charge in [0.2, 0.25) is 5.91 Å². The SMILES string of the molecule is CCC(CC)C(=O)N(Cc1ccc(C(=O)NCc2cccc([N+](=O)[O-])c2)cc1)C1CCN(Cc2ccc(OC)c(O)c2)CC1. The normalized spacial score (nSPS) is 13.9. The molecule has 0 aromatic heterocycles. The zero-order chi connectivity index (χ0) is 31.6. The molecule has 2 N–H and O–H groups in total. The number of nitro groups is 1. The molecule has 0 atom stereocenters. The standard InChI is InChI=1S/C34H42N4O6/c1-4-27(5-2)34(41)37(29-15-17-36(18-16-29)22-26-11-14-32(44-3)31(39)20-26)23-24-9-12-28(13-10-24)33(40)35-21-25-7-6-8-30(19-25)38(42)43/h6-14,19-20,27,29,39H,4-5,15-18,21-23H2,1-3H3,(H,35,40). The molecule has 1 saturated heterocycles. The Hall–Kier alpha value is -4.44. The van der Waals surface area contributed by atoms with Crippen molar-refractivity contribution >= 4 is 17.5 Å². The fourth-order valence-electron chi connectivity index (χ4n) is 5.76. The minimum atomic E-state index is -0.459. The van der Waals surface area contributed by atoms with E-state index in [1.54, 1.807) is 36.4 Å². The number of aromatic hydroxyl groups is 1. The van der Waals surface area contributed by atoms with Gasteiger partial charge in [-0.3, -0.25) is 24.6 Å². The van der Waals surface area contributed by atoms with E-state index >= 15 is 0 Å². The molecule has 1 aliphatic heterocycles. The van der Waals surface area contributed by atoms with E-state index < -0.39 is 4.92 Å². The Morgan fingerprint density at radius 3 is 2.32 bits per heavy atom. The van der Waals surface area contributed by atoms with Crippen LogP contribution in [0.2, 0.25) is 0 Å². The highest BCUT2D eigenvalue weighted by molar-refractivity contribution is 5.94. The zero-order valence-corrected chi connectivity index (χ0v) is 25.7. The average molecular weight is 603 g/mol. The van der Waals surface area contributed by atoms with Gasteiger partial charge in [0.1, 0.15) is 0 Å². The first-order valence-electron chi connectivity index (χ1n) is 15.2. The highest BCUT2D eigenvalue weighted by atomic mass is 16.6. The topological polar surface area (TPSA) is 125 Å². The summed E-state index contributed by atoms with van der Waals surface area (Å²) in [6.45, 7) is 7.16. The van der Waals surface area contributed by atoms with Gasteiger partial charge in [-0.15, -0.1) is 0 Å². The number of nitrogens with one attached hydrogen (secondary N) is 1. The van der Waals surface area contributed by atoms with Crippen LogP contribution in [0, 0.1) is 16.0 Å². The summed E-state index contributed by atoms with van der Waals surface area (Å²) in [7, 11) is 1.53. The van der Waals surface area contributed by atoms with Gasteiger partial charge in [-0.05, 0) is 66.6 Å². The first kappa shape index (κ1) is 32.5. The van der Waals surface area contributed by atoms with E-state index in [-0.39, 0.29) is 41.8 Å². The van der Waals surface area contributed by atoms with Crippen LogP contribution in [0.15, 0.2) is 66.7 Å². The Kier molecular flexibility index (Phi) is 11.3.